The minimum atomic E-state index is -1.01. The molecule has 2 aromatic rings. The largest absolute Gasteiger partial charge is 0.492 e. The number of ether oxygens (including phenoxy) is 1. The van der Waals surface area contributed by atoms with Crippen LogP contribution in [0.3, 0.4) is 0 Å². The van der Waals surface area contributed by atoms with E-state index >= 15 is 0 Å². The van der Waals surface area contributed by atoms with Crippen LogP contribution in [0.15, 0.2) is 58.5 Å². The summed E-state index contributed by atoms with van der Waals surface area (Å²) in [5, 5.41) is 12.0. The van der Waals surface area contributed by atoms with Crippen molar-refractivity contribution in [1.82, 2.24) is 5.32 Å². The van der Waals surface area contributed by atoms with Crippen molar-refractivity contribution >= 4 is 41.2 Å². The maximum atomic E-state index is 12.3. The Hall–Kier alpha value is -2.62. The third-order valence-electron chi connectivity index (χ3n) is 5.79. The summed E-state index contributed by atoms with van der Waals surface area (Å²) in [5.74, 6) is -1.01. The predicted octanol–water partition coefficient (Wildman–Crippen LogP) is 5.09. The third-order valence-corrected chi connectivity index (χ3v) is 6.48. The van der Waals surface area contributed by atoms with Crippen LogP contribution in [-0.4, -0.2) is 42.0 Å². The molecular formula is C24H27BBrNO6. The number of rotatable bonds is 7. The van der Waals surface area contributed by atoms with E-state index in [4.69, 9.17) is 14.0 Å². The summed E-state index contributed by atoms with van der Waals surface area (Å²) in [5.41, 5.74) is 1.32. The van der Waals surface area contributed by atoms with Crippen LogP contribution in [0, 0.1) is 0 Å². The maximum absolute atomic E-state index is 12.3. The van der Waals surface area contributed by atoms with E-state index in [-0.39, 0.29) is 18.7 Å². The molecule has 3 rings (SSSR count). The number of amides is 1. The van der Waals surface area contributed by atoms with Gasteiger partial charge in [0.05, 0.1) is 16.8 Å². The molecule has 7 nitrogen and oxygen atoms in total. The van der Waals surface area contributed by atoms with E-state index in [0.717, 1.165) is 11.1 Å². The van der Waals surface area contributed by atoms with Crippen LogP contribution in [-0.2, 0) is 20.7 Å². The number of alkyl carbamates (subject to hydrolysis) is 1. The van der Waals surface area contributed by atoms with Gasteiger partial charge in [0, 0.05) is 11.0 Å². The number of carbonyl (C=O) groups excluding carboxylic acids is 1. The molecule has 33 heavy (non-hydrogen) atoms. The zero-order chi connectivity index (χ0) is 24.2. The van der Waals surface area contributed by atoms with Gasteiger partial charge in [0.2, 0.25) is 0 Å². The lowest BCUT2D eigenvalue weighted by atomic mass is 9.77. The lowest BCUT2D eigenvalue weighted by Crippen LogP contribution is -2.41. The SMILES string of the molecule is CC1(C)OB(C(=Cc2ccc(C(=O)O)cc2Br)CNC(=O)OCc2ccccc2)OC1(C)C. The van der Waals surface area contributed by atoms with Crippen molar-refractivity contribution in [2.75, 3.05) is 6.54 Å². The van der Waals surface area contributed by atoms with Crippen molar-refractivity contribution in [3.8, 4) is 0 Å². The number of nitrogens with one attached hydrogen (secondary N) is 1. The van der Waals surface area contributed by atoms with E-state index < -0.39 is 30.4 Å². The van der Waals surface area contributed by atoms with Gasteiger partial charge in [0.1, 0.15) is 6.61 Å². The normalized spacial score (nSPS) is 17.0. The molecule has 2 aromatic carbocycles. The molecule has 1 aliphatic heterocycles. The molecule has 1 fully saturated rings. The molecule has 0 unspecified atom stereocenters. The first-order chi connectivity index (χ1) is 15.5. The Morgan fingerprint density at radius 1 is 1.09 bits per heavy atom. The molecule has 9 heteroatoms. The van der Waals surface area contributed by atoms with Gasteiger partial charge in [-0.3, -0.25) is 0 Å². The fourth-order valence-corrected chi connectivity index (χ4v) is 3.62. The molecule has 0 bridgehead atoms. The monoisotopic (exact) mass is 515 g/mol. The van der Waals surface area contributed by atoms with Gasteiger partial charge in [-0.15, -0.1) is 0 Å². The quantitative estimate of drug-likeness (QED) is 0.499. The molecule has 0 aliphatic carbocycles. The van der Waals surface area contributed by atoms with E-state index in [1.807, 2.05) is 64.1 Å². The number of carbonyl (C=O) groups is 2. The van der Waals surface area contributed by atoms with Crippen molar-refractivity contribution in [1.29, 1.82) is 0 Å². The van der Waals surface area contributed by atoms with Crippen molar-refractivity contribution < 1.29 is 28.7 Å². The van der Waals surface area contributed by atoms with Crippen LogP contribution in [0.1, 0.15) is 49.2 Å². The summed E-state index contributed by atoms with van der Waals surface area (Å²) in [6.45, 7) is 8.07. The van der Waals surface area contributed by atoms with Crippen LogP contribution in [0.2, 0.25) is 0 Å². The summed E-state index contributed by atoms with van der Waals surface area (Å²) < 4.78 is 18.2. The summed E-state index contributed by atoms with van der Waals surface area (Å²) in [7, 11) is -0.699. The lowest BCUT2D eigenvalue weighted by molar-refractivity contribution is 0.00578. The van der Waals surface area contributed by atoms with E-state index in [0.29, 0.717) is 9.95 Å². The predicted molar refractivity (Wildman–Crippen MR) is 130 cm³/mol. The molecule has 1 heterocycles. The minimum absolute atomic E-state index is 0.123. The van der Waals surface area contributed by atoms with Crippen molar-refractivity contribution in [3.05, 3.63) is 75.2 Å². The van der Waals surface area contributed by atoms with Crippen LogP contribution >= 0.6 is 15.9 Å². The third kappa shape index (κ3) is 6.25. The molecule has 174 valence electrons. The van der Waals surface area contributed by atoms with Crippen LogP contribution in [0.5, 0.6) is 0 Å². The van der Waals surface area contributed by atoms with Crippen molar-refractivity contribution in [3.63, 3.8) is 0 Å². The highest BCUT2D eigenvalue weighted by Gasteiger charge is 2.52. The second-order valence-electron chi connectivity index (χ2n) is 8.76. The maximum Gasteiger partial charge on any atom is 0.492 e. The van der Waals surface area contributed by atoms with Gasteiger partial charge in [-0.25, -0.2) is 9.59 Å². The summed E-state index contributed by atoms with van der Waals surface area (Å²) in [6, 6.07) is 14.1. The van der Waals surface area contributed by atoms with Gasteiger partial charge >= 0.3 is 19.2 Å². The van der Waals surface area contributed by atoms with Crippen molar-refractivity contribution in [2.45, 2.75) is 45.5 Å². The highest BCUT2D eigenvalue weighted by Crippen LogP contribution is 2.39. The fourth-order valence-electron chi connectivity index (χ4n) is 3.12. The zero-order valence-corrected chi connectivity index (χ0v) is 20.6. The second-order valence-corrected chi connectivity index (χ2v) is 9.62. The smallest absolute Gasteiger partial charge is 0.478 e. The molecule has 1 amide bonds. The summed E-state index contributed by atoms with van der Waals surface area (Å²) in [4.78, 5) is 23.6. The first kappa shape index (κ1) is 25.0. The second kappa shape index (κ2) is 10.1. The molecule has 0 radical (unpaired) electrons. The van der Waals surface area contributed by atoms with Crippen LogP contribution < -0.4 is 5.32 Å². The van der Waals surface area contributed by atoms with E-state index in [9.17, 15) is 14.7 Å². The van der Waals surface area contributed by atoms with Gasteiger partial charge in [-0.05, 0) is 56.4 Å². The molecule has 0 saturated carbocycles. The Bertz CT molecular complexity index is 1040. The highest BCUT2D eigenvalue weighted by atomic mass is 79.9. The molecule has 0 spiro atoms. The van der Waals surface area contributed by atoms with Gasteiger partial charge in [0.25, 0.3) is 0 Å². The van der Waals surface area contributed by atoms with E-state index in [1.54, 1.807) is 6.07 Å². The average Bonchev–Trinajstić information content (AvgIpc) is 2.98. The number of hydrogen-bond donors (Lipinski definition) is 2. The number of carboxylic acids is 1. The van der Waals surface area contributed by atoms with Gasteiger partial charge < -0.3 is 24.5 Å². The molecular weight excluding hydrogens is 489 g/mol. The topological polar surface area (TPSA) is 94.1 Å². The van der Waals surface area contributed by atoms with Gasteiger partial charge in [0.15, 0.2) is 0 Å². The Balaban J connectivity index is 1.78. The molecule has 2 N–H and O–H groups in total. The standard InChI is InChI=1S/C24H27BBrNO6/c1-23(2)24(3,4)33-25(32-23)19(12-17-10-11-18(21(28)29)13-20(17)26)14-27-22(30)31-15-16-8-6-5-7-9-16/h5-13H,14-15H2,1-4H3,(H,27,30)(H,28,29). The summed E-state index contributed by atoms with van der Waals surface area (Å²) in [6.07, 6.45) is 1.25. The fraction of sp³-hybridized carbons (Fsp3) is 0.333. The number of hydrogen-bond acceptors (Lipinski definition) is 5. The number of benzene rings is 2. The number of carboxylic acid groups (broad SMARTS) is 1. The first-order valence-corrected chi connectivity index (χ1v) is 11.3. The van der Waals surface area contributed by atoms with E-state index in [1.165, 1.54) is 12.1 Å². The Kier molecular flexibility index (Phi) is 7.67. The highest BCUT2D eigenvalue weighted by molar-refractivity contribution is 9.10. The molecule has 0 aromatic heterocycles. The van der Waals surface area contributed by atoms with E-state index in [2.05, 4.69) is 21.2 Å². The number of halogens is 1. The Labute approximate surface area is 202 Å². The zero-order valence-electron chi connectivity index (χ0n) is 19.1. The summed E-state index contributed by atoms with van der Waals surface area (Å²) >= 11 is 3.43. The molecule has 1 saturated heterocycles. The first-order valence-electron chi connectivity index (χ1n) is 10.5. The Morgan fingerprint density at radius 2 is 1.73 bits per heavy atom. The van der Waals surface area contributed by atoms with Gasteiger partial charge in [-0.1, -0.05) is 58.4 Å². The van der Waals surface area contributed by atoms with Gasteiger partial charge in [-0.2, -0.15) is 0 Å². The van der Waals surface area contributed by atoms with Crippen LogP contribution in [0.25, 0.3) is 6.08 Å². The van der Waals surface area contributed by atoms with Crippen molar-refractivity contribution in [2.24, 2.45) is 0 Å². The lowest BCUT2D eigenvalue weighted by Gasteiger charge is -2.32. The average molecular weight is 516 g/mol. The Morgan fingerprint density at radius 3 is 2.30 bits per heavy atom. The number of aromatic carboxylic acids is 1. The molecule has 1 aliphatic rings. The van der Waals surface area contributed by atoms with Crippen LogP contribution in [0.4, 0.5) is 4.79 Å². The minimum Gasteiger partial charge on any atom is -0.478 e. The molecule has 0 atom stereocenters.